The second-order valence-electron chi connectivity index (χ2n) is 5.73. The number of hydrogen-bond donors (Lipinski definition) is 1. The first-order chi connectivity index (χ1) is 8.84. The van der Waals surface area contributed by atoms with E-state index >= 15 is 0 Å². The highest BCUT2D eigenvalue weighted by molar-refractivity contribution is 5.69. The Hall–Kier alpha value is -1.97. The second-order valence-corrected chi connectivity index (χ2v) is 5.73. The van der Waals surface area contributed by atoms with Gasteiger partial charge in [-0.25, -0.2) is 4.98 Å². The Morgan fingerprint density at radius 3 is 2.42 bits per heavy atom. The predicted octanol–water partition coefficient (Wildman–Crippen LogP) is 2.98. The van der Waals surface area contributed by atoms with E-state index in [1.807, 2.05) is 17.7 Å². The average molecular weight is 259 g/mol. The molecule has 19 heavy (non-hydrogen) atoms. The lowest BCUT2D eigenvalue weighted by Crippen LogP contribution is -2.11. The van der Waals surface area contributed by atoms with E-state index in [0.717, 1.165) is 17.0 Å². The maximum absolute atomic E-state index is 5.80. The number of hydrogen-bond acceptors (Lipinski definition) is 3. The average Bonchev–Trinajstić information content (AvgIpc) is 2.68. The highest BCUT2D eigenvalue weighted by Gasteiger charge is 2.18. The molecule has 0 atom stereocenters. The minimum atomic E-state index is 0.0885. The largest absolute Gasteiger partial charge is 0.496 e. The molecule has 4 nitrogen and oxygen atoms in total. The summed E-state index contributed by atoms with van der Waals surface area (Å²) >= 11 is 0. The van der Waals surface area contributed by atoms with Gasteiger partial charge in [0.25, 0.3) is 0 Å². The standard InChI is InChI=1S/C15H21N3O/c1-15(2,3)10-6-7-13(19-5)11(8-10)12-9-17-14(16)18(12)4/h6-9H,1-5H3,(H2,16,17). The van der Waals surface area contributed by atoms with Gasteiger partial charge in [-0.15, -0.1) is 0 Å². The first-order valence-corrected chi connectivity index (χ1v) is 6.30. The Balaban J connectivity index is 2.63. The van der Waals surface area contributed by atoms with E-state index < -0.39 is 0 Å². The number of methoxy groups -OCH3 is 1. The van der Waals surface area contributed by atoms with E-state index in [0.29, 0.717) is 5.95 Å². The minimum absolute atomic E-state index is 0.0885. The molecule has 2 aromatic rings. The van der Waals surface area contributed by atoms with E-state index in [1.54, 1.807) is 13.3 Å². The van der Waals surface area contributed by atoms with Gasteiger partial charge in [0.05, 0.1) is 19.0 Å². The van der Waals surface area contributed by atoms with Gasteiger partial charge in [-0.05, 0) is 23.1 Å². The van der Waals surface area contributed by atoms with Gasteiger partial charge in [-0.2, -0.15) is 0 Å². The van der Waals surface area contributed by atoms with Gasteiger partial charge < -0.3 is 15.0 Å². The molecule has 0 saturated carbocycles. The molecule has 1 aromatic heterocycles. The van der Waals surface area contributed by atoms with Crippen LogP contribution in [0.2, 0.25) is 0 Å². The fourth-order valence-electron chi connectivity index (χ4n) is 2.05. The van der Waals surface area contributed by atoms with Gasteiger partial charge >= 0.3 is 0 Å². The predicted molar refractivity (Wildman–Crippen MR) is 78.3 cm³/mol. The number of nitrogens with two attached hydrogens (primary N) is 1. The molecule has 0 unspecified atom stereocenters. The first-order valence-electron chi connectivity index (χ1n) is 6.30. The van der Waals surface area contributed by atoms with Crippen molar-refractivity contribution in [2.75, 3.05) is 12.8 Å². The Morgan fingerprint density at radius 2 is 1.95 bits per heavy atom. The Labute approximate surface area is 114 Å². The fourth-order valence-corrected chi connectivity index (χ4v) is 2.05. The van der Waals surface area contributed by atoms with Gasteiger partial charge in [0.1, 0.15) is 5.75 Å². The van der Waals surface area contributed by atoms with Gasteiger partial charge in [0.2, 0.25) is 0 Å². The fraction of sp³-hybridized carbons (Fsp3) is 0.400. The summed E-state index contributed by atoms with van der Waals surface area (Å²) in [6.45, 7) is 6.57. The number of anilines is 1. The van der Waals surface area contributed by atoms with Crippen LogP contribution in [0.4, 0.5) is 5.95 Å². The summed E-state index contributed by atoms with van der Waals surface area (Å²) in [6, 6.07) is 6.25. The lowest BCUT2D eigenvalue weighted by molar-refractivity contribution is 0.415. The third-order valence-electron chi connectivity index (χ3n) is 3.37. The van der Waals surface area contributed by atoms with Gasteiger partial charge in [0, 0.05) is 12.6 Å². The first kappa shape index (κ1) is 13.5. The molecule has 0 spiro atoms. The molecule has 2 rings (SSSR count). The quantitative estimate of drug-likeness (QED) is 0.902. The van der Waals surface area contributed by atoms with Gasteiger partial charge in [0.15, 0.2) is 5.95 Å². The number of aromatic nitrogens is 2. The minimum Gasteiger partial charge on any atom is -0.496 e. The molecular formula is C15H21N3O. The molecule has 0 amide bonds. The summed E-state index contributed by atoms with van der Waals surface area (Å²) < 4.78 is 7.32. The van der Waals surface area contributed by atoms with Crippen LogP contribution in [-0.4, -0.2) is 16.7 Å². The molecule has 0 fully saturated rings. The molecule has 0 aliphatic heterocycles. The summed E-state index contributed by atoms with van der Waals surface area (Å²) in [5.74, 6) is 1.33. The maximum atomic E-state index is 5.80. The molecule has 1 heterocycles. The van der Waals surface area contributed by atoms with Crippen LogP contribution < -0.4 is 10.5 Å². The summed E-state index contributed by atoms with van der Waals surface area (Å²) in [5.41, 5.74) is 9.12. The smallest absolute Gasteiger partial charge is 0.200 e. The maximum Gasteiger partial charge on any atom is 0.200 e. The Bertz CT molecular complexity index is 594. The van der Waals surface area contributed by atoms with E-state index in [2.05, 4.69) is 37.9 Å². The molecule has 0 radical (unpaired) electrons. The van der Waals surface area contributed by atoms with Gasteiger partial charge in [-0.1, -0.05) is 26.8 Å². The summed E-state index contributed by atoms with van der Waals surface area (Å²) in [7, 11) is 3.58. The third kappa shape index (κ3) is 2.43. The third-order valence-corrected chi connectivity index (χ3v) is 3.37. The lowest BCUT2D eigenvalue weighted by Gasteiger charge is -2.21. The molecule has 0 saturated heterocycles. The van der Waals surface area contributed by atoms with Crippen molar-refractivity contribution in [1.82, 2.24) is 9.55 Å². The number of nitrogen functional groups attached to an aromatic ring is 1. The van der Waals surface area contributed by atoms with Crippen molar-refractivity contribution in [2.45, 2.75) is 26.2 Å². The van der Waals surface area contributed by atoms with Crippen LogP contribution in [0.5, 0.6) is 5.75 Å². The second kappa shape index (κ2) is 4.61. The zero-order chi connectivity index (χ0) is 14.2. The molecular weight excluding hydrogens is 238 g/mol. The monoisotopic (exact) mass is 259 g/mol. The van der Waals surface area contributed by atoms with Crippen molar-refractivity contribution in [3.8, 4) is 17.0 Å². The molecule has 2 N–H and O–H groups in total. The van der Waals surface area contributed by atoms with Crippen LogP contribution >= 0.6 is 0 Å². The number of ether oxygens (including phenoxy) is 1. The van der Waals surface area contributed by atoms with Crippen molar-refractivity contribution in [2.24, 2.45) is 7.05 Å². The summed E-state index contributed by atoms with van der Waals surface area (Å²) in [6.07, 6.45) is 1.78. The zero-order valence-corrected chi connectivity index (χ0v) is 12.2. The van der Waals surface area contributed by atoms with Crippen molar-refractivity contribution < 1.29 is 4.74 Å². The van der Waals surface area contributed by atoms with Crippen LogP contribution in [0.15, 0.2) is 24.4 Å². The van der Waals surface area contributed by atoms with Gasteiger partial charge in [-0.3, -0.25) is 0 Å². The zero-order valence-electron chi connectivity index (χ0n) is 12.2. The molecule has 0 aliphatic carbocycles. The molecule has 102 valence electrons. The lowest BCUT2D eigenvalue weighted by atomic mass is 9.85. The van der Waals surface area contributed by atoms with Crippen molar-refractivity contribution in [3.63, 3.8) is 0 Å². The highest BCUT2D eigenvalue weighted by atomic mass is 16.5. The Morgan fingerprint density at radius 1 is 1.26 bits per heavy atom. The highest BCUT2D eigenvalue weighted by Crippen LogP contribution is 2.34. The van der Waals surface area contributed by atoms with Crippen LogP contribution in [0.25, 0.3) is 11.3 Å². The number of imidazole rings is 1. The Kier molecular flexibility index (Phi) is 3.27. The number of rotatable bonds is 2. The van der Waals surface area contributed by atoms with Crippen LogP contribution in [0.3, 0.4) is 0 Å². The van der Waals surface area contributed by atoms with Crippen LogP contribution in [0, 0.1) is 0 Å². The SMILES string of the molecule is COc1ccc(C(C)(C)C)cc1-c1cnc(N)n1C. The molecule has 0 bridgehead atoms. The normalized spacial score (nSPS) is 11.6. The van der Waals surface area contributed by atoms with Crippen LogP contribution in [-0.2, 0) is 12.5 Å². The van der Waals surface area contributed by atoms with E-state index in [1.165, 1.54) is 5.56 Å². The van der Waals surface area contributed by atoms with Crippen LogP contribution in [0.1, 0.15) is 26.3 Å². The van der Waals surface area contributed by atoms with E-state index in [-0.39, 0.29) is 5.41 Å². The number of benzene rings is 1. The molecule has 0 aliphatic rings. The van der Waals surface area contributed by atoms with E-state index in [4.69, 9.17) is 10.5 Å². The topological polar surface area (TPSA) is 53.1 Å². The summed E-state index contributed by atoms with van der Waals surface area (Å²) in [5, 5.41) is 0. The van der Waals surface area contributed by atoms with Crippen molar-refractivity contribution in [3.05, 3.63) is 30.0 Å². The molecule has 4 heteroatoms. The van der Waals surface area contributed by atoms with Crippen molar-refractivity contribution >= 4 is 5.95 Å². The number of nitrogens with zero attached hydrogens (tertiary/aromatic N) is 2. The molecule has 1 aromatic carbocycles. The summed E-state index contributed by atoms with van der Waals surface area (Å²) in [4.78, 5) is 4.14. The van der Waals surface area contributed by atoms with E-state index in [9.17, 15) is 0 Å². The van der Waals surface area contributed by atoms with Crippen molar-refractivity contribution in [1.29, 1.82) is 0 Å².